The summed E-state index contributed by atoms with van der Waals surface area (Å²) in [6.45, 7) is 3.64. The minimum Gasteiger partial charge on any atom is -0.273 e. The van der Waals surface area contributed by atoms with E-state index in [-0.39, 0.29) is 34.6 Å². The molecule has 1 aliphatic rings. The van der Waals surface area contributed by atoms with Crippen LogP contribution in [0.3, 0.4) is 0 Å². The molecule has 0 radical (unpaired) electrons. The third kappa shape index (κ3) is 5.03. The fraction of sp³-hybridized carbons (Fsp3) is 0.238. The molecule has 2 aromatic carbocycles. The normalized spacial score (nSPS) is 16.9. The van der Waals surface area contributed by atoms with Crippen molar-refractivity contribution >= 4 is 23.7 Å². The van der Waals surface area contributed by atoms with Gasteiger partial charge in [0.2, 0.25) is 5.91 Å². The molecule has 3 nitrogen and oxygen atoms in total. The Morgan fingerprint density at radius 2 is 1.76 bits per heavy atom. The lowest BCUT2D eigenvalue weighted by molar-refractivity contribution is -0.133. The van der Waals surface area contributed by atoms with Crippen LogP contribution < -0.4 is 0 Å². The lowest BCUT2D eigenvalue weighted by atomic mass is 9.99. The fourth-order valence-corrected chi connectivity index (χ4v) is 3.39. The number of hydrogen-bond donors (Lipinski definition) is 0. The highest BCUT2D eigenvalue weighted by Crippen LogP contribution is 2.33. The van der Waals surface area contributed by atoms with E-state index in [1.165, 1.54) is 12.3 Å². The van der Waals surface area contributed by atoms with E-state index < -0.39 is 35.6 Å². The Morgan fingerprint density at radius 3 is 2.41 bits per heavy atom. The largest absolute Gasteiger partial charge is 0.273 e. The summed E-state index contributed by atoms with van der Waals surface area (Å²) in [5.74, 6) is -2.61. The Balaban J connectivity index is 1.64. The van der Waals surface area contributed by atoms with Gasteiger partial charge in [0.15, 0.2) is 0 Å². The zero-order valence-corrected chi connectivity index (χ0v) is 16.0. The van der Waals surface area contributed by atoms with E-state index in [0.717, 1.165) is 35.3 Å². The van der Waals surface area contributed by atoms with E-state index >= 15 is 0 Å². The molecule has 0 aliphatic carbocycles. The van der Waals surface area contributed by atoms with E-state index in [1.54, 1.807) is 0 Å². The van der Waals surface area contributed by atoms with Gasteiger partial charge in [-0.05, 0) is 53.5 Å². The summed E-state index contributed by atoms with van der Waals surface area (Å²) in [4.78, 5) is 12.6. The highest BCUT2D eigenvalue weighted by atomic mass is 35.5. The molecule has 2 aromatic rings. The van der Waals surface area contributed by atoms with E-state index in [2.05, 4.69) is 11.7 Å². The second-order valence-electron chi connectivity index (χ2n) is 6.71. The number of hydrazone groups is 1. The molecule has 0 saturated carbocycles. The maximum atomic E-state index is 14.6. The Bertz CT molecular complexity index is 939. The monoisotopic (exact) mass is 424 g/mol. The summed E-state index contributed by atoms with van der Waals surface area (Å²) < 4.78 is 55.0. The van der Waals surface area contributed by atoms with Crippen LogP contribution >= 0.6 is 11.6 Å². The molecule has 3 rings (SSSR count). The number of nitrogens with zero attached hydrogens (tertiary/aromatic N) is 2. The van der Waals surface area contributed by atoms with Crippen LogP contribution in [-0.2, 0) is 4.79 Å². The van der Waals surface area contributed by atoms with Crippen molar-refractivity contribution in [3.63, 3.8) is 0 Å². The molecule has 0 aromatic heterocycles. The van der Waals surface area contributed by atoms with Gasteiger partial charge in [0.25, 0.3) is 0 Å². The molecule has 29 heavy (non-hydrogen) atoms. The quantitative estimate of drug-likeness (QED) is 0.409. The topological polar surface area (TPSA) is 32.7 Å². The Hall–Kier alpha value is -2.67. The van der Waals surface area contributed by atoms with Crippen molar-refractivity contribution in [2.75, 3.05) is 0 Å². The minimum atomic E-state index is -1.69. The molecule has 8 heteroatoms. The maximum Gasteiger partial charge on any atom is 0.243 e. The Kier molecular flexibility index (Phi) is 6.37. The molecule has 1 amide bonds. The molecule has 2 atom stereocenters. The van der Waals surface area contributed by atoms with Crippen molar-refractivity contribution in [2.45, 2.75) is 31.5 Å². The molecular weight excluding hydrogens is 408 g/mol. The lowest BCUT2D eigenvalue weighted by Crippen LogP contribution is -2.27. The van der Waals surface area contributed by atoms with Gasteiger partial charge < -0.3 is 0 Å². The van der Waals surface area contributed by atoms with Crippen LogP contribution in [0.4, 0.5) is 17.6 Å². The lowest BCUT2D eigenvalue weighted by Gasteiger charge is -2.23. The van der Waals surface area contributed by atoms with Gasteiger partial charge in [0.05, 0.1) is 6.04 Å². The molecule has 1 aliphatic heterocycles. The maximum absolute atomic E-state index is 14.6. The van der Waals surface area contributed by atoms with Gasteiger partial charge in [-0.3, -0.25) is 4.79 Å². The number of carbonyl (C=O) groups excluding carboxylic acids is 1. The number of benzene rings is 2. The summed E-state index contributed by atoms with van der Waals surface area (Å²) in [6, 6.07) is 5.77. The van der Waals surface area contributed by atoms with Crippen LogP contribution in [0.5, 0.6) is 0 Å². The van der Waals surface area contributed by atoms with Crippen LogP contribution in [-0.4, -0.2) is 17.1 Å². The smallest absolute Gasteiger partial charge is 0.243 e. The van der Waals surface area contributed by atoms with Gasteiger partial charge in [-0.1, -0.05) is 18.2 Å². The van der Waals surface area contributed by atoms with Crippen LogP contribution in [0.2, 0.25) is 5.02 Å². The standard InChI is InChI=1S/C21H17ClF4N2O/c1-12(21(26)14-6-15(22)10-16(23)9-14)2-3-20(29)28-19(4-5-27-28)13-7-17(24)11-18(25)8-13/h5-11,19,21H,1-4H2. The molecule has 2 unspecified atom stereocenters. The van der Waals surface area contributed by atoms with Gasteiger partial charge in [-0.25, -0.2) is 22.6 Å². The number of alkyl halides is 1. The van der Waals surface area contributed by atoms with Crippen molar-refractivity contribution in [3.05, 3.63) is 82.2 Å². The van der Waals surface area contributed by atoms with Crippen molar-refractivity contribution in [1.82, 2.24) is 5.01 Å². The summed E-state index contributed by atoms with van der Waals surface area (Å²) in [5, 5.41) is 5.17. The molecule has 1 heterocycles. The second-order valence-corrected chi connectivity index (χ2v) is 7.15. The minimum absolute atomic E-state index is 0.00954. The van der Waals surface area contributed by atoms with E-state index in [1.807, 2.05) is 0 Å². The molecular formula is C21H17ClF4N2O. The SMILES string of the molecule is C=C(CCC(=O)N1N=CCC1c1cc(F)cc(F)c1)C(F)c1cc(F)cc(Cl)c1. The van der Waals surface area contributed by atoms with Crippen LogP contribution in [0.1, 0.15) is 42.6 Å². The van der Waals surface area contributed by atoms with Crippen molar-refractivity contribution in [3.8, 4) is 0 Å². The fourth-order valence-electron chi connectivity index (χ4n) is 3.16. The number of hydrogen-bond acceptors (Lipinski definition) is 2. The second kappa shape index (κ2) is 8.78. The number of rotatable bonds is 6. The van der Waals surface area contributed by atoms with Crippen LogP contribution in [0.15, 0.2) is 53.7 Å². The Labute approximate surface area is 170 Å². The zero-order valence-electron chi connectivity index (χ0n) is 15.2. The van der Waals surface area contributed by atoms with Gasteiger partial charge in [-0.15, -0.1) is 0 Å². The molecule has 0 bridgehead atoms. The number of carbonyl (C=O) groups is 1. The van der Waals surface area contributed by atoms with Gasteiger partial charge in [0.1, 0.15) is 23.6 Å². The van der Waals surface area contributed by atoms with Crippen molar-refractivity contribution in [1.29, 1.82) is 0 Å². The molecule has 152 valence electrons. The van der Waals surface area contributed by atoms with E-state index in [9.17, 15) is 22.4 Å². The van der Waals surface area contributed by atoms with Crippen molar-refractivity contribution < 1.29 is 22.4 Å². The highest BCUT2D eigenvalue weighted by Gasteiger charge is 2.29. The third-order valence-corrected chi connectivity index (χ3v) is 4.77. The van der Waals surface area contributed by atoms with E-state index in [0.29, 0.717) is 6.42 Å². The summed E-state index contributed by atoms with van der Waals surface area (Å²) >= 11 is 5.74. The number of amides is 1. The van der Waals surface area contributed by atoms with Crippen LogP contribution in [0.25, 0.3) is 0 Å². The summed E-state index contributed by atoms with van der Waals surface area (Å²) in [7, 11) is 0. The first-order chi connectivity index (χ1) is 13.7. The number of halogens is 5. The third-order valence-electron chi connectivity index (χ3n) is 4.55. The van der Waals surface area contributed by atoms with Gasteiger partial charge in [0, 0.05) is 30.1 Å². The molecule has 0 fully saturated rings. The molecule has 0 saturated heterocycles. The predicted octanol–water partition coefficient (Wildman–Crippen LogP) is 6.06. The Morgan fingerprint density at radius 1 is 1.10 bits per heavy atom. The molecule has 0 spiro atoms. The first kappa shape index (κ1) is 21.0. The van der Waals surface area contributed by atoms with Gasteiger partial charge in [-0.2, -0.15) is 5.10 Å². The summed E-state index contributed by atoms with van der Waals surface area (Å²) in [5.41, 5.74) is 0.376. The molecule has 0 N–H and O–H groups in total. The van der Waals surface area contributed by atoms with Crippen LogP contribution in [0, 0.1) is 17.5 Å². The van der Waals surface area contributed by atoms with Crippen molar-refractivity contribution in [2.24, 2.45) is 5.10 Å². The average molecular weight is 425 g/mol. The highest BCUT2D eigenvalue weighted by molar-refractivity contribution is 6.30. The average Bonchev–Trinajstić information content (AvgIpc) is 3.13. The number of allylic oxidation sites excluding steroid dienone is 1. The first-order valence-corrected chi connectivity index (χ1v) is 9.20. The predicted molar refractivity (Wildman–Crippen MR) is 103 cm³/mol. The van der Waals surface area contributed by atoms with Gasteiger partial charge >= 0.3 is 0 Å². The van der Waals surface area contributed by atoms with E-state index in [4.69, 9.17) is 11.6 Å². The zero-order chi connectivity index (χ0) is 21.1. The first-order valence-electron chi connectivity index (χ1n) is 8.83. The summed E-state index contributed by atoms with van der Waals surface area (Å²) in [6.07, 6.45) is -0.0277.